The summed E-state index contributed by atoms with van der Waals surface area (Å²) in [6, 6.07) is 16.1. The number of nitrogens with zero attached hydrogens (tertiary/aromatic N) is 3. The molecule has 1 N–H and O–H groups in total. The number of nitriles is 1. The molecular weight excluding hydrogens is 453 g/mol. The molecule has 1 heterocycles. The summed E-state index contributed by atoms with van der Waals surface area (Å²) in [6.45, 7) is 2.81. The highest BCUT2D eigenvalue weighted by atomic mass is 35.5. The molecule has 1 aliphatic carbocycles. The monoisotopic (exact) mass is 479 g/mol. The lowest BCUT2D eigenvalue weighted by Gasteiger charge is -2.35. The molecule has 0 aromatic heterocycles. The Hall–Kier alpha value is -3.14. The van der Waals surface area contributed by atoms with Crippen LogP contribution in [-0.4, -0.2) is 41.6 Å². The average Bonchev–Trinajstić information content (AvgIpc) is 3.33. The molecule has 5 nitrogen and oxygen atoms in total. The number of aliphatic hydroxyl groups is 1. The largest absolute Gasteiger partial charge is 0.376 e. The third-order valence-corrected chi connectivity index (χ3v) is 6.98. The lowest BCUT2D eigenvalue weighted by atomic mass is 9.94. The van der Waals surface area contributed by atoms with Crippen LogP contribution in [-0.2, 0) is 10.4 Å². The minimum absolute atomic E-state index is 0.0850. The molecule has 3 atom stereocenters. The third-order valence-electron chi connectivity index (χ3n) is 6.67. The van der Waals surface area contributed by atoms with Crippen molar-refractivity contribution in [2.75, 3.05) is 24.5 Å². The average molecular weight is 480 g/mol. The van der Waals surface area contributed by atoms with Gasteiger partial charge in [0.25, 0.3) is 5.91 Å². The Balaban J connectivity index is 1.58. The molecule has 2 aromatic rings. The van der Waals surface area contributed by atoms with Gasteiger partial charge in [-0.15, -0.1) is 0 Å². The first kappa shape index (κ1) is 24.0. The van der Waals surface area contributed by atoms with Crippen molar-refractivity contribution in [2.45, 2.75) is 31.4 Å². The molecule has 4 rings (SSSR count). The summed E-state index contributed by atoms with van der Waals surface area (Å²) in [5.74, 6) is -0.840. The van der Waals surface area contributed by atoms with E-state index in [1.165, 1.54) is 13.0 Å². The van der Waals surface area contributed by atoms with Crippen molar-refractivity contribution in [3.8, 4) is 6.07 Å². The number of anilines is 1. The van der Waals surface area contributed by atoms with Crippen LogP contribution in [0.2, 0.25) is 5.02 Å². The maximum absolute atomic E-state index is 14.6. The summed E-state index contributed by atoms with van der Waals surface area (Å²) in [5, 5.41) is 20.6. The molecule has 0 spiro atoms. The number of halogens is 2. The summed E-state index contributed by atoms with van der Waals surface area (Å²) in [4.78, 5) is 17.0. The second kappa shape index (κ2) is 10.0. The van der Waals surface area contributed by atoms with Crippen molar-refractivity contribution >= 4 is 23.2 Å². The number of hydrogen-bond acceptors (Lipinski definition) is 4. The van der Waals surface area contributed by atoms with Gasteiger partial charge in [0.2, 0.25) is 0 Å². The smallest absolute Gasteiger partial charge is 0.258 e. The molecule has 1 fully saturated rings. The van der Waals surface area contributed by atoms with Gasteiger partial charge in [0.05, 0.1) is 10.6 Å². The third kappa shape index (κ3) is 4.86. The zero-order chi connectivity index (χ0) is 24.3. The van der Waals surface area contributed by atoms with Crippen LogP contribution in [0.1, 0.15) is 30.9 Å². The quantitative estimate of drug-likeness (QED) is 0.636. The number of allylic oxidation sites excluding steroid dienone is 3. The van der Waals surface area contributed by atoms with Crippen LogP contribution in [0.25, 0.3) is 0 Å². The molecule has 1 aliphatic heterocycles. The topological polar surface area (TPSA) is 67.6 Å². The Morgan fingerprint density at radius 2 is 2.09 bits per heavy atom. The van der Waals surface area contributed by atoms with Gasteiger partial charge in [0.1, 0.15) is 11.9 Å². The molecule has 1 saturated heterocycles. The first-order valence-electron chi connectivity index (χ1n) is 11.4. The molecular formula is C27H27ClFN3O2. The molecule has 1 unspecified atom stereocenters. The molecule has 2 aliphatic rings. The van der Waals surface area contributed by atoms with Gasteiger partial charge < -0.3 is 14.9 Å². The number of likely N-dealkylation sites (tertiary alicyclic amines) is 1. The number of carbonyl (C=O) groups is 1. The zero-order valence-electron chi connectivity index (χ0n) is 19.0. The summed E-state index contributed by atoms with van der Waals surface area (Å²) in [7, 11) is 0. The van der Waals surface area contributed by atoms with Crippen molar-refractivity contribution in [2.24, 2.45) is 5.92 Å². The SMILES string of the molecule is C[C@](O)(C(=O)N1CC[C@H](N(CC2CC=CC=C2F)c2ccc(C#N)c(Cl)c2)C1)c1ccccc1. The normalized spacial score (nSPS) is 21.5. The second-order valence-corrected chi connectivity index (χ2v) is 9.38. The van der Waals surface area contributed by atoms with E-state index < -0.39 is 5.60 Å². The second-order valence-electron chi connectivity index (χ2n) is 8.97. The van der Waals surface area contributed by atoms with E-state index in [0.717, 1.165) is 5.69 Å². The molecule has 0 saturated carbocycles. The fourth-order valence-corrected chi connectivity index (χ4v) is 4.88. The van der Waals surface area contributed by atoms with Crippen molar-refractivity contribution in [1.29, 1.82) is 5.26 Å². The van der Waals surface area contributed by atoms with Gasteiger partial charge in [-0.2, -0.15) is 5.26 Å². The van der Waals surface area contributed by atoms with Gasteiger partial charge in [-0.05, 0) is 49.6 Å². The highest BCUT2D eigenvalue weighted by Gasteiger charge is 2.40. The van der Waals surface area contributed by atoms with E-state index in [1.807, 2.05) is 18.2 Å². The Morgan fingerprint density at radius 1 is 1.32 bits per heavy atom. The summed E-state index contributed by atoms with van der Waals surface area (Å²) < 4.78 is 14.6. The van der Waals surface area contributed by atoms with Crippen molar-refractivity contribution in [1.82, 2.24) is 4.90 Å². The van der Waals surface area contributed by atoms with Gasteiger partial charge in [0.15, 0.2) is 5.60 Å². The Labute approximate surface area is 204 Å². The van der Waals surface area contributed by atoms with Crippen LogP contribution in [0, 0.1) is 17.2 Å². The predicted molar refractivity (Wildman–Crippen MR) is 131 cm³/mol. The van der Waals surface area contributed by atoms with Crippen LogP contribution in [0.3, 0.4) is 0 Å². The Bertz CT molecular complexity index is 1160. The maximum atomic E-state index is 14.6. The van der Waals surface area contributed by atoms with Gasteiger partial charge in [-0.1, -0.05) is 54.1 Å². The number of carbonyl (C=O) groups excluding carboxylic acids is 1. The Morgan fingerprint density at radius 3 is 2.76 bits per heavy atom. The van der Waals surface area contributed by atoms with E-state index in [1.54, 1.807) is 47.4 Å². The molecule has 176 valence electrons. The van der Waals surface area contributed by atoms with E-state index in [4.69, 9.17) is 11.6 Å². The fraction of sp³-hybridized carbons (Fsp3) is 0.333. The van der Waals surface area contributed by atoms with E-state index >= 15 is 0 Å². The standard InChI is InChI=1S/C27H27ClFN3O2/c1-27(34,21-8-3-2-4-9-21)26(33)31-14-13-23(18-31)32(17-20-7-5-6-10-25(20)29)22-12-11-19(16-30)24(28)15-22/h2-6,8-12,15,20,23,34H,7,13-14,17-18H2,1H3/t20?,23-,27+/m0/s1. The van der Waals surface area contributed by atoms with Gasteiger partial charge in [-0.3, -0.25) is 4.79 Å². The number of hydrogen-bond donors (Lipinski definition) is 1. The summed E-state index contributed by atoms with van der Waals surface area (Å²) in [6.07, 6.45) is 6.40. The predicted octanol–water partition coefficient (Wildman–Crippen LogP) is 4.96. The molecule has 0 radical (unpaired) electrons. The lowest BCUT2D eigenvalue weighted by molar-refractivity contribution is -0.149. The van der Waals surface area contributed by atoms with Crippen molar-refractivity contribution in [3.05, 3.63) is 88.7 Å². The summed E-state index contributed by atoms with van der Waals surface area (Å²) in [5.41, 5.74) is 0.0573. The number of benzene rings is 2. The van der Waals surface area contributed by atoms with Crippen LogP contribution in [0.5, 0.6) is 0 Å². The molecule has 1 amide bonds. The van der Waals surface area contributed by atoms with Crippen LogP contribution in [0.4, 0.5) is 10.1 Å². The molecule has 0 bridgehead atoms. The van der Waals surface area contributed by atoms with E-state index in [0.29, 0.717) is 48.6 Å². The van der Waals surface area contributed by atoms with Gasteiger partial charge >= 0.3 is 0 Å². The number of rotatable bonds is 6. The highest BCUT2D eigenvalue weighted by molar-refractivity contribution is 6.32. The lowest BCUT2D eigenvalue weighted by Crippen LogP contribution is -2.46. The molecule has 2 aromatic carbocycles. The number of amides is 1. The van der Waals surface area contributed by atoms with Crippen LogP contribution < -0.4 is 4.90 Å². The zero-order valence-corrected chi connectivity index (χ0v) is 19.8. The van der Waals surface area contributed by atoms with Crippen molar-refractivity contribution < 1.29 is 14.3 Å². The molecule has 34 heavy (non-hydrogen) atoms. The fourth-order valence-electron chi connectivity index (χ4n) is 4.66. The van der Waals surface area contributed by atoms with E-state index in [-0.39, 0.29) is 23.7 Å². The van der Waals surface area contributed by atoms with Gasteiger partial charge in [0, 0.05) is 37.3 Å². The first-order chi connectivity index (χ1) is 16.3. The maximum Gasteiger partial charge on any atom is 0.258 e. The highest BCUT2D eigenvalue weighted by Crippen LogP contribution is 2.33. The van der Waals surface area contributed by atoms with E-state index in [9.17, 15) is 19.6 Å². The summed E-state index contributed by atoms with van der Waals surface area (Å²) >= 11 is 6.32. The first-order valence-corrected chi connectivity index (χ1v) is 11.7. The minimum atomic E-state index is -1.64. The minimum Gasteiger partial charge on any atom is -0.376 e. The van der Waals surface area contributed by atoms with E-state index in [2.05, 4.69) is 11.0 Å². The Kier molecular flexibility index (Phi) is 7.06. The van der Waals surface area contributed by atoms with Crippen LogP contribution in [0.15, 0.2) is 72.6 Å². The molecule has 7 heteroatoms. The van der Waals surface area contributed by atoms with Crippen molar-refractivity contribution in [3.63, 3.8) is 0 Å². The van der Waals surface area contributed by atoms with Crippen LogP contribution >= 0.6 is 11.6 Å². The van der Waals surface area contributed by atoms with Gasteiger partial charge in [-0.25, -0.2) is 4.39 Å².